The first-order chi connectivity index (χ1) is 4.63. The molecule has 0 radical (unpaired) electrons. The zero-order valence-corrected chi connectivity index (χ0v) is 6.42. The molecule has 0 fully saturated rings. The summed E-state index contributed by atoms with van der Waals surface area (Å²) in [6.07, 6.45) is 0.621. The van der Waals surface area contributed by atoms with E-state index >= 15 is 0 Å². The number of carbonyl (C=O) groups is 2. The zero-order valence-electron chi connectivity index (χ0n) is 6.42. The highest BCUT2D eigenvalue weighted by atomic mass is 16.2. The van der Waals surface area contributed by atoms with Crippen molar-refractivity contribution in [3.8, 4) is 0 Å². The third-order valence-electron chi connectivity index (χ3n) is 1.26. The molecule has 0 aliphatic carbocycles. The van der Waals surface area contributed by atoms with E-state index in [0.29, 0.717) is 6.29 Å². The smallest absolute Gasteiger partial charge is 0.246 e. The summed E-state index contributed by atoms with van der Waals surface area (Å²) in [5.74, 6) is -0.782. The van der Waals surface area contributed by atoms with Gasteiger partial charge in [-0.15, -0.1) is 0 Å². The molecule has 0 aromatic rings. The number of nitrogens with zero attached hydrogens (tertiary/aromatic N) is 1. The predicted octanol–water partition coefficient (Wildman–Crippen LogP) is -0.586. The number of nitrogens with one attached hydrogen (secondary N) is 1. The van der Waals surface area contributed by atoms with Gasteiger partial charge in [-0.25, -0.2) is 5.43 Å². The predicted molar refractivity (Wildman–Crippen MR) is 37.1 cm³/mol. The number of rotatable bonds is 3. The van der Waals surface area contributed by atoms with E-state index in [-0.39, 0.29) is 5.91 Å². The van der Waals surface area contributed by atoms with Crippen LogP contribution in [0.1, 0.15) is 6.92 Å². The molecule has 1 amide bonds. The third kappa shape index (κ3) is 2.14. The van der Waals surface area contributed by atoms with Gasteiger partial charge >= 0.3 is 0 Å². The second-order valence-corrected chi connectivity index (χ2v) is 2.05. The van der Waals surface area contributed by atoms with Gasteiger partial charge in [0.05, 0.1) is 5.92 Å². The molecule has 0 aliphatic rings. The molecule has 0 rings (SSSR count). The minimum Gasteiger partial charge on any atom is -0.303 e. The van der Waals surface area contributed by atoms with Crippen molar-refractivity contribution in [1.29, 1.82) is 0 Å². The fraction of sp³-hybridized carbons (Fsp3) is 0.667. The fourth-order valence-corrected chi connectivity index (χ4v) is 0.474. The summed E-state index contributed by atoms with van der Waals surface area (Å²) in [6, 6.07) is 0. The van der Waals surface area contributed by atoms with Gasteiger partial charge in [0.2, 0.25) is 5.91 Å². The summed E-state index contributed by atoms with van der Waals surface area (Å²) >= 11 is 0. The van der Waals surface area contributed by atoms with E-state index in [9.17, 15) is 9.59 Å². The summed E-state index contributed by atoms with van der Waals surface area (Å²) in [5.41, 5.74) is 2.60. The van der Waals surface area contributed by atoms with Crippen LogP contribution in [0.2, 0.25) is 0 Å². The fourth-order valence-electron chi connectivity index (χ4n) is 0.474. The maximum atomic E-state index is 10.9. The van der Waals surface area contributed by atoms with Crippen LogP contribution in [0.3, 0.4) is 0 Å². The average Bonchev–Trinajstić information content (AvgIpc) is 2.00. The van der Waals surface area contributed by atoms with Crippen molar-refractivity contribution in [3.63, 3.8) is 0 Å². The van der Waals surface area contributed by atoms with Gasteiger partial charge in [0, 0.05) is 14.1 Å². The molecule has 1 unspecified atom stereocenters. The van der Waals surface area contributed by atoms with Gasteiger partial charge in [-0.2, -0.15) is 0 Å². The number of carbonyl (C=O) groups excluding carboxylic acids is 2. The monoisotopic (exact) mass is 144 g/mol. The number of aldehydes is 1. The lowest BCUT2D eigenvalue weighted by Crippen LogP contribution is -2.40. The molecule has 1 atom stereocenters. The molecular formula is C6H12N2O2. The molecule has 1 N–H and O–H groups in total. The van der Waals surface area contributed by atoms with Crippen molar-refractivity contribution in [2.24, 2.45) is 5.92 Å². The Hall–Kier alpha value is -0.900. The highest BCUT2D eigenvalue weighted by Gasteiger charge is 2.14. The van der Waals surface area contributed by atoms with E-state index < -0.39 is 5.92 Å². The van der Waals surface area contributed by atoms with Crippen molar-refractivity contribution in [3.05, 3.63) is 0 Å². The number of hydrogen-bond acceptors (Lipinski definition) is 3. The maximum absolute atomic E-state index is 10.9. The van der Waals surface area contributed by atoms with Crippen LogP contribution in [0.25, 0.3) is 0 Å². The second kappa shape index (κ2) is 4.00. The summed E-state index contributed by atoms with van der Waals surface area (Å²) in [6.45, 7) is 1.56. The summed E-state index contributed by atoms with van der Waals surface area (Å²) < 4.78 is 0. The normalized spacial score (nSPS) is 12.3. The van der Waals surface area contributed by atoms with E-state index in [2.05, 4.69) is 5.43 Å². The number of amides is 1. The molecule has 58 valence electrons. The molecule has 0 aromatic carbocycles. The molecule has 0 aliphatic heterocycles. The molecule has 0 aromatic heterocycles. The minimum atomic E-state index is -0.558. The number of hydrogen-bond donors (Lipinski definition) is 1. The standard InChI is InChI=1S/C6H12N2O2/c1-5(4-9)6(10)8(3)7-2/h4-5,7H,1-3H3. The molecular weight excluding hydrogens is 132 g/mol. The van der Waals surface area contributed by atoms with Gasteiger partial charge in [0.15, 0.2) is 0 Å². The van der Waals surface area contributed by atoms with E-state index in [4.69, 9.17) is 0 Å². The highest BCUT2D eigenvalue weighted by molar-refractivity contribution is 5.90. The molecule has 0 heterocycles. The zero-order chi connectivity index (χ0) is 8.15. The maximum Gasteiger partial charge on any atom is 0.246 e. The summed E-state index contributed by atoms with van der Waals surface area (Å²) in [4.78, 5) is 21.0. The van der Waals surface area contributed by atoms with Crippen LogP contribution in [0, 0.1) is 5.92 Å². The van der Waals surface area contributed by atoms with Crippen LogP contribution in [-0.4, -0.2) is 31.3 Å². The van der Waals surface area contributed by atoms with Crippen LogP contribution < -0.4 is 5.43 Å². The molecule has 0 spiro atoms. The lowest BCUT2D eigenvalue weighted by molar-refractivity contribution is -0.138. The average molecular weight is 144 g/mol. The molecule has 0 saturated heterocycles. The Balaban J connectivity index is 3.93. The first kappa shape index (κ1) is 9.10. The van der Waals surface area contributed by atoms with Crippen molar-refractivity contribution in [2.45, 2.75) is 6.92 Å². The molecule has 0 saturated carbocycles. The number of hydrazine groups is 1. The van der Waals surface area contributed by atoms with Crippen LogP contribution in [0.15, 0.2) is 0 Å². The Morgan fingerprint density at radius 3 is 2.50 bits per heavy atom. The first-order valence-electron chi connectivity index (χ1n) is 3.03. The van der Waals surface area contributed by atoms with E-state index in [1.807, 2.05) is 0 Å². The lowest BCUT2D eigenvalue weighted by Gasteiger charge is -2.16. The minimum absolute atomic E-state index is 0.225. The van der Waals surface area contributed by atoms with Crippen LogP contribution in [0.5, 0.6) is 0 Å². The topological polar surface area (TPSA) is 49.4 Å². The third-order valence-corrected chi connectivity index (χ3v) is 1.26. The van der Waals surface area contributed by atoms with Gasteiger partial charge in [-0.1, -0.05) is 0 Å². The van der Waals surface area contributed by atoms with Crippen molar-refractivity contribution in [2.75, 3.05) is 14.1 Å². The van der Waals surface area contributed by atoms with Crippen molar-refractivity contribution in [1.82, 2.24) is 10.4 Å². The Bertz CT molecular complexity index is 136. The highest BCUT2D eigenvalue weighted by Crippen LogP contribution is 1.92. The summed E-state index contributed by atoms with van der Waals surface area (Å²) in [5, 5.41) is 1.28. The van der Waals surface area contributed by atoms with Gasteiger partial charge in [0.25, 0.3) is 0 Å². The molecule has 4 nitrogen and oxygen atoms in total. The lowest BCUT2D eigenvalue weighted by atomic mass is 10.2. The van der Waals surface area contributed by atoms with Gasteiger partial charge < -0.3 is 4.79 Å². The second-order valence-electron chi connectivity index (χ2n) is 2.05. The molecule has 4 heteroatoms. The Kier molecular flexibility index (Phi) is 3.64. The van der Waals surface area contributed by atoms with Crippen molar-refractivity contribution < 1.29 is 9.59 Å². The van der Waals surface area contributed by atoms with Crippen LogP contribution >= 0.6 is 0 Å². The van der Waals surface area contributed by atoms with Crippen LogP contribution in [-0.2, 0) is 9.59 Å². The van der Waals surface area contributed by atoms with Gasteiger partial charge in [0.1, 0.15) is 6.29 Å². The SMILES string of the molecule is CNN(C)C(=O)C(C)C=O. The van der Waals surface area contributed by atoms with Gasteiger partial charge in [-0.3, -0.25) is 9.80 Å². The summed E-state index contributed by atoms with van der Waals surface area (Å²) in [7, 11) is 3.19. The van der Waals surface area contributed by atoms with E-state index in [0.717, 1.165) is 0 Å². The van der Waals surface area contributed by atoms with E-state index in [1.54, 1.807) is 21.0 Å². The Morgan fingerprint density at radius 2 is 2.20 bits per heavy atom. The first-order valence-corrected chi connectivity index (χ1v) is 3.03. The van der Waals surface area contributed by atoms with E-state index in [1.165, 1.54) is 5.01 Å². The Labute approximate surface area is 60.2 Å². The molecule has 10 heavy (non-hydrogen) atoms. The molecule has 0 bridgehead atoms. The van der Waals surface area contributed by atoms with Crippen LogP contribution in [0.4, 0.5) is 0 Å². The van der Waals surface area contributed by atoms with Crippen molar-refractivity contribution >= 4 is 12.2 Å². The largest absolute Gasteiger partial charge is 0.303 e. The quantitative estimate of drug-likeness (QED) is 0.327. The Morgan fingerprint density at radius 1 is 1.70 bits per heavy atom. The van der Waals surface area contributed by atoms with Gasteiger partial charge in [-0.05, 0) is 6.92 Å².